The van der Waals surface area contributed by atoms with E-state index in [-0.39, 0.29) is 30.6 Å². The van der Waals surface area contributed by atoms with Gasteiger partial charge in [0.15, 0.2) is 5.78 Å². The average Bonchev–Trinajstić information content (AvgIpc) is 3.60. The Morgan fingerprint density at radius 1 is 1.02 bits per heavy atom. The van der Waals surface area contributed by atoms with E-state index >= 15 is 0 Å². The number of esters is 1. The van der Waals surface area contributed by atoms with Gasteiger partial charge in [-0.3, -0.25) is 24.0 Å². The quantitative estimate of drug-likeness (QED) is 0.178. The molecule has 1 aromatic carbocycles. The number of allylic oxidation sites excluding steroid dienone is 1. The molecule has 46 heavy (non-hydrogen) atoms. The highest BCUT2D eigenvalue weighted by Gasteiger charge is 2.36. The predicted octanol–water partition coefficient (Wildman–Crippen LogP) is 3.23. The van der Waals surface area contributed by atoms with Gasteiger partial charge in [-0.25, -0.2) is 4.79 Å². The molecule has 0 spiro atoms. The van der Waals surface area contributed by atoms with E-state index in [1.807, 2.05) is 13.0 Å². The molecule has 0 aromatic heterocycles. The SMILES string of the molecule is CCC[C@H](NC(=O)[C@@H](NC(=O)OCc1ccccc1)C(C)OC(=O)C(C)(C)C)C(=O)N[C@H](/C=C1\CCCC1=O)C[C@@H]1CCNC1=O. The second kappa shape index (κ2) is 16.9. The minimum Gasteiger partial charge on any atom is -0.460 e. The van der Waals surface area contributed by atoms with Crippen molar-refractivity contribution < 1.29 is 38.2 Å². The summed E-state index contributed by atoms with van der Waals surface area (Å²) in [7, 11) is 0. The Balaban J connectivity index is 1.76. The Morgan fingerprint density at radius 3 is 2.33 bits per heavy atom. The van der Waals surface area contributed by atoms with Crippen LogP contribution in [0.25, 0.3) is 0 Å². The van der Waals surface area contributed by atoms with Crippen LogP contribution in [0.1, 0.15) is 85.1 Å². The van der Waals surface area contributed by atoms with E-state index in [0.29, 0.717) is 44.2 Å². The first-order chi connectivity index (χ1) is 21.8. The summed E-state index contributed by atoms with van der Waals surface area (Å²) in [6, 6.07) is 6.01. The highest BCUT2D eigenvalue weighted by molar-refractivity contribution is 5.97. The maximum absolute atomic E-state index is 13.7. The first-order valence-electron chi connectivity index (χ1n) is 16.1. The second-order valence-corrected chi connectivity index (χ2v) is 13.0. The zero-order valence-electron chi connectivity index (χ0n) is 27.5. The van der Waals surface area contributed by atoms with Gasteiger partial charge < -0.3 is 30.7 Å². The van der Waals surface area contributed by atoms with Gasteiger partial charge in [-0.2, -0.15) is 0 Å². The molecule has 3 rings (SSSR count). The Labute approximate surface area is 270 Å². The van der Waals surface area contributed by atoms with Crippen LogP contribution < -0.4 is 21.3 Å². The molecule has 5 atom stereocenters. The number of hydrogen-bond acceptors (Lipinski definition) is 8. The van der Waals surface area contributed by atoms with Crippen molar-refractivity contribution in [2.24, 2.45) is 11.3 Å². The van der Waals surface area contributed by atoms with E-state index in [9.17, 15) is 28.8 Å². The van der Waals surface area contributed by atoms with E-state index in [1.54, 1.807) is 51.1 Å². The van der Waals surface area contributed by atoms with Crippen molar-refractivity contribution in [1.82, 2.24) is 21.3 Å². The molecule has 12 heteroatoms. The lowest BCUT2D eigenvalue weighted by Crippen LogP contribution is -2.58. The molecular weight excluding hydrogens is 592 g/mol. The zero-order chi connectivity index (χ0) is 33.9. The number of amides is 4. The lowest BCUT2D eigenvalue weighted by atomic mass is 9.95. The Morgan fingerprint density at radius 2 is 1.74 bits per heavy atom. The van der Waals surface area contributed by atoms with E-state index in [4.69, 9.17) is 9.47 Å². The van der Waals surface area contributed by atoms with Crippen LogP contribution in [0.4, 0.5) is 4.79 Å². The van der Waals surface area contributed by atoms with Crippen LogP contribution in [0.3, 0.4) is 0 Å². The van der Waals surface area contributed by atoms with Crippen molar-refractivity contribution in [2.45, 2.75) is 110 Å². The van der Waals surface area contributed by atoms with E-state index in [2.05, 4.69) is 21.3 Å². The van der Waals surface area contributed by atoms with Crippen LogP contribution in [0.5, 0.6) is 0 Å². The first kappa shape index (κ1) is 36.3. The number of ether oxygens (including phenoxy) is 2. The van der Waals surface area contributed by atoms with Gasteiger partial charge >= 0.3 is 12.1 Å². The van der Waals surface area contributed by atoms with Gasteiger partial charge in [-0.05, 0) is 70.9 Å². The standard InChI is InChI=1S/C34H48N4O8/c1-6-11-26(30(41)36-25(18-23-14-10-15-27(23)39)19-24-16-17-35-29(24)40)37-31(42)28(21(2)46-32(43)34(3,4)5)38-33(44)45-20-22-12-8-7-9-13-22/h7-9,12-13,18,21,24-26,28H,6,10-11,14-17,19-20H2,1-5H3,(H,35,40)(H,36,41)(H,37,42)(H,38,44)/b23-18+/t21?,24-,25+,26-,28-/m0/s1. The van der Waals surface area contributed by atoms with Crippen molar-refractivity contribution in [1.29, 1.82) is 0 Å². The van der Waals surface area contributed by atoms with E-state index < -0.39 is 53.5 Å². The fourth-order valence-corrected chi connectivity index (χ4v) is 5.31. The molecule has 252 valence electrons. The maximum Gasteiger partial charge on any atom is 0.408 e. The van der Waals surface area contributed by atoms with Crippen LogP contribution in [0.2, 0.25) is 0 Å². The van der Waals surface area contributed by atoms with Gasteiger partial charge in [0.05, 0.1) is 5.41 Å². The minimum absolute atomic E-state index is 0.0281. The zero-order valence-corrected chi connectivity index (χ0v) is 27.5. The van der Waals surface area contributed by atoms with Gasteiger partial charge in [0.1, 0.15) is 24.8 Å². The van der Waals surface area contributed by atoms with Gasteiger partial charge in [-0.1, -0.05) is 49.8 Å². The van der Waals surface area contributed by atoms with Crippen LogP contribution in [0, 0.1) is 11.3 Å². The molecule has 1 saturated heterocycles. The van der Waals surface area contributed by atoms with Crippen LogP contribution in [-0.4, -0.2) is 66.3 Å². The third kappa shape index (κ3) is 11.0. The molecule has 1 saturated carbocycles. The third-order valence-electron chi connectivity index (χ3n) is 7.99. The monoisotopic (exact) mass is 640 g/mol. The number of alkyl carbamates (subject to hydrolysis) is 1. The summed E-state index contributed by atoms with van der Waals surface area (Å²) in [6.45, 7) is 8.84. The summed E-state index contributed by atoms with van der Waals surface area (Å²) in [6.07, 6.45) is 3.28. The number of Topliss-reactive ketones (excluding diaryl/α,β-unsaturated/α-hetero) is 1. The lowest BCUT2D eigenvalue weighted by molar-refractivity contribution is -0.160. The largest absolute Gasteiger partial charge is 0.460 e. The summed E-state index contributed by atoms with van der Waals surface area (Å²) >= 11 is 0. The van der Waals surface area contributed by atoms with E-state index in [0.717, 1.165) is 12.0 Å². The number of carbonyl (C=O) groups excluding carboxylic acids is 6. The summed E-state index contributed by atoms with van der Waals surface area (Å²) in [5, 5.41) is 11.0. The molecule has 1 unspecified atom stereocenters. The van der Waals surface area contributed by atoms with Crippen molar-refractivity contribution in [2.75, 3.05) is 6.54 Å². The fourth-order valence-electron chi connectivity index (χ4n) is 5.31. The highest BCUT2D eigenvalue weighted by Crippen LogP contribution is 2.24. The van der Waals surface area contributed by atoms with Crippen molar-refractivity contribution in [3.05, 3.63) is 47.5 Å². The topological polar surface area (TPSA) is 169 Å². The molecule has 1 aromatic rings. The smallest absolute Gasteiger partial charge is 0.408 e. The summed E-state index contributed by atoms with van der Waals surface area (Å²) < 4.78 is 10.9. The number of rotatable bonds is 14. The molecule has 12 nitrogen and oxygen atoms in total. The number of ketones is 1. The number of benzene rings is 1. The van der Waals surface area contributed by atoms with Gasteiger partial charge in [0, 0.05) is 24.9 Å². The van der Waals surface area contributed by atoms with Crippen molar-refractivity contribution in [3.8, 4) is 0 Å². The number of nitrogens with one attached hydrogen (secondary N) is 4. The van der Waals surface area contributed by atoms with Gasteiger partial charge in [0.2, 0.25) is 17.7 Å². The molecule has 2 aliphatic rings. The average molecular weight is 641 g/mol. The van der Waals surface area contributed by atoms with Gasteiger partial charge in [0.25, 0.3) is 0 Å². The highest BCUT2D eigenvalue weighted by atomic mass is 16.6. The molecule has 1 aliphatic heterocycles. The summed E-state index contributed by atoms with van der Waals surface area (Å²) in [4.78, 5) is 77.5. The van der Waals surface area contributed by atoms with Crippen LogP contribution in [-0.2, 0) is 40.1 Å². The molecule has 1 heterocycles. The number of hydrogen-bond donors (Lipinski definition) is 4. The van der Waals surface area contributed by atoms with Crippen LogP contribution in [0.15, 0.2) is 42.0 Å². The Bertz CT molecular complexity index is 1290. The van der Waals surface area contributed by atoms with E-state index in [1.165, 1.54) is 6.92 Å². The number of carbonyl (C=O) groups is 6. The van der Waals surface area contributed by atoms with Crippen LogP contribution >= 0.6 is 0 Å². The molecule has 2 fully saturated rings. The first-order valence-corrected chi connectivity index (χ1v) is 16.1. The molecule has 4 N–H and O–H groups in total. The third-order valence-corrected chi connectivity index (χ3v) is 7.99. The molecule has 4 amide bonds. The molecule has 0 bridgehead atoms. The minimum atomic E-state index is -1.38. The van der Waals surface area contributed by atoms with Crippen molar-refractivity contribution in [3.63, 3.8) is 0 Å². The predicted molar refractivity (Wildman–Crippen MR) is 170 cm³/mol. The van der Waals surface area contributed by atoms with Gasteiger partial charge in [-0.15, -0.1) is 0 Å². The Kier molecular flexibility index (Phi) is 13.3. The molecule has 0 radical (unpaired) electrons. The fraction of sp³-hybridized carbons (Fsp3) is 0.588. The molecular formula is C34H48N4O8. The summed E-state index contributed by atoms with van der Waals surface area (Å²) in [5.41, 5.74) is 0.505. The molecule has 1 aliphatic carbocycles. The van der Waals surface area contributed by atoms with Crippen molar-refractivity contribution >= 4 is 35.6 Å². The normalized spacial score (nSPS) is 19.8. The maximum atomic E-state index is 13.7. The second-order valence-electron chi connectivity index (χ2n) is 13.0. The lowest BCUT2D eigenvalue weighted by Gasteiger charge is -2.29. The Hall–Kier alpha value is -4.22. The summed E-state index contributed by atoms with van der Waals surface area (Å²) in [5.74, 6) is -2.19.